The van der Waals surface area contributed by atoms with Crippen LogP contribution in [0.25, 0.3) is 10.9 Å². The van der Waals surface area contributed by atoms with Crippen molar-refractivity contribution in [2.24, 2.45) is 0 Å². The number of hydrogen-bond acceptors (Lipinski definition) is 4. The lowest BCUT2D eigenvalue weighted by Crippen LogP contribution is -2.30. The van der Waals surface area contributed by atoms with Gasteiger partial charge in [0.25, 0.3) is 0 Å². The molecule has 1 heterocycles. The number of halogens is 1. The van der Waals surface area contributed by atoms with E-state index in [1.54, 1.807) is 0 Å². The molecule has 0 bridgehead atoms. The van der Waals surface area contributed by atoms with E-state index in [2.05, 4.69) is 35.8 Å². The molecule has 4 nitrogen and oxygen atoms in total. The standard InChI is InChI=1S/C14H18ClN3O/c1-10(2)18(3)6-7-19-11-4-5-12-13(8-11)16-9-17-14(12)15/h4-5,8-10H,6-7H2,1-3H3. The molecule has 0 atom stereocenters. The average Bonchev–Trinajstić information content (AvgIpc) is 2.38. The number of ether oxygens (including phenoxy) is 1. The minimum atomic E-state index is 0.469. The van der Waals surface area contributed by atoms with Gasteiger partial charge in [0.1, 0.15) is 23.8 Å². The highest BCUT2D eigenvalue weighted by atomic mass is 35.5. The van der Waals surface area contributed by atoms with Crippen LogP contribution in [0.2, 0.25) is 5.15 Å². The molecule has 0 amide bonds. The molecule has 5 heteroatoms. The fourth-order valence-corrected chi connectivity index (χ4v) is 1.86. The molecule has 19 heavy (non-hydrogen) atoms. The largest absolute Gasteiger partial charge is 0.492 e. The van der Waals surface area contributed by atoms with Crippen LogP contribution in [0.1, 0.15) is 13.8 Å². The summed E-state index contributed by atoms with van der Waals surface area (Å²) in [5.74, 6) is 0.805. The van der Waals surface area contributed by atoms with E-state index in [4.69, 9.17) is 16.3 Å². The summed E-state index contributed by atoms with van der Waals surface area (Å²) < 4.78 is 5.73. The Labute approximate surface area is 118 Å². The van der Waals surface area contributed by atoms with Crippen molar-refractivity contribution >= 4 is 22.5 Å². The van der Waals surface area contributed by atoms with Crippen molar-refractivity contribution in [2.45, 2.75) is 19.9 Å². The van der Waals surface area contributed by atoms with Gasteiger partial charge in [-0.2, -0.15) is 0 Å². The van der Waals surface area contributed by atoms with Gasteiger partial charge in [0.05, 0.1) is 5.52 Å². The smallest absolute Gasteiger partial charge is 0.140 e. The van der Waals surface area contributed by atoms with Crippen LogP contribution < -0.4 is 4.74 Å². The second-order valence-electron chi connectivity index (χ2n) is 4.77. The minimum absolute atomic E-state index is 0.469. The molecule has 0 unspecified atom stereocenters. The number of fused-ring (bicyclic) bond motifs is 1. The molecule has 0 aliphatic rings. The molecule has 2 rings (SSSR count). The monoisotopic (exact) mass is 279 g/mol. The van der Waals surface area contributed by atoms with E-state index in [1.807, 2.05) is 18.2 Å². The maximum atomic E-state index is 5.99. The number of aromatic nitrogens is 2. The van der Waals surface area contributed by atoms with Gasteiger partial charge in [-0.3, -0.25) is 0 Å². The summed E-state index contributed by atoms with van der Waals surface area (Å²) in [6.45, 7) is 5.86. The molecule has 1 aromatic carbocycles. The Bertz CT molecular complexity index is 559. The zero-order valence-corrected chi connectivity index (χ0v) is 12.2. The van der Waals surface area contributed by atoms with Gasteiger partial charge in [-0.1, -0.05) is 11.6 Å². The molecule has 0 saturated heterocycles. The number of hydrogen-bond donors (Lipinski definition) is 0. The topological polar surface area (TPSA) is 38.2 Å². The van der Waals surface area contributed by atoms with E-state index in [1.165, 1.54) is 6.33 Å². The van der Waals surface area contributed by atoms with Gasteiger partial charge in [-0.25, -0.2) is 9.97 Å². The summed E-state index contributed by atoms with van der Waals surface area (Å²) in [6, 6.07) is 6.19. The predicted molar refractivity (Wildman–Crippen MR) is 77.8 cm³/mol. The van der Waals surface area contributed by atoms with Crippen molar-refractivity contribution < 1.29 is 4.74 Å². The van der Waals surface area contributed by atoms with Crippen LogP contribution in [0.5, 0.6) is 5.75 Å². The summed E-state index contributed by atoms with van der Waals surface area (Å²) in [5, 5.41) is 1.31. The quantitative estimate of drug-likeness (QED) is 0.789. The lowest BCUT2D eigenvalue weighted by Gasteiger charge is -2.20. The predicted octanol–water partition coefficient (Wildman–Crippen LogP) is 3.00. The third kappa shape index (κ3) is 3.55. The first kappa shape index (κ1) is 14.0. The van der Waals surface area contributed by atoms with E-state index in [9.17, 15) is 0 Å². The second-order valence-corrected chi connectivity index (χ2v) is 5.12. The highest BCUT2D eigenvalue weighted by Gasteiger charge is 2.05. The Morgan fingerprint density at radius 2 is 2.11 bits per heavy atom. The molecule has 0 spiro atoms. The third-order valence-electron chi connectivity index (χ3n) is 3.15. The molecule has 0 aliphatic heterocycles. The molecular weight excluding hydrogens is 262 g/mol. The summed E-state index contributed by atoms with van der Waals surface area (Å²) in [6.07, 6.45) is 1.46. The van der Waals surface area contributed by atoms with Crippen LogP contribution in [-0.4, -0.2) is 41.1 Å². The second kappa shape index (κ2) is 6.17. The van der Waals surface area contributed by atoms with Crippen LogP contribution in [0.15, 0.2) is 24.5 Å². The van der Waals surface area contributed by atoms with E-state index in [-0.39, 0.29) is 0 Å². The Balaban J connectivity index is 2.02. The molecular formula is C14H18ClN3O. The molecule has 2 aromatic rings. The van der Waals surface area contributed by atoms with E-state index in [0.29, 0.717) is 17.8 Å². The fourth-order valence-electron chi connectivity index (χ4n) is 1.66. The van der Waals surface area contributed by atoms with Crippen molar-refractivity contribution in [3.8, 4) is 5.75 Å². The van der Waals surface area contributed by atoms with Crippen molar-refractivity contribution in [3.05, 3.63) is 29.7 Å². The van der Waals surface area contributed by atoms with Crippen LogP contribution in [0.3, 0.4) is 0 Å². The first-order valence-electron chi connectivity index (χ1n) is 6.31. The number of benzene rings is 1. The van der Waals surface area contributed by atoms with Crippen molar-refractivity contribution in [1.29, 1.82) is 0 Å². The van der Waals surface area contributed by atoms with Crippen molar-refractivity contribution in [3.63, 3.8) is 0 Å². The summed E-state index contributed by atoms with van der Waals surface area (Å²) >= 11 is 5.99. The van der Waals surface area contributed by atoms with Gasteiger partial charge in [0.15, 0.2) is 0 Å². The van der Waals surface area contributed by atoms with E-state index >= 15 is 0 Å². The maximum absolute atomic E-state index is 5.99. The van der Waals surface area contributed by atoms with Crippen molar-refractivity contribution in [2.75, 3.05) is 20.2 Å². The first-order valence-corrected chi connectivity index (χ1v) is 6.69. The Morgan fingerprint density at radius 1 is 1.32 bits per heavy atom. The number of rotatable bonds is 5. The zero-order valence-electron chi connectivity index (χ0n) is 11.4. The molecule has 0 fully saturated rings. The number of nitrogens with zero attached hydrogens (tertiary/aromatic N) is 3. The molecule has 1 aromatic heterocycles. The minimum Gasteiger partial charge on any atom is -0.492 e. The Morgan fingerprint density at radius 3 is 2.84 bits per heavy atom. The first-order chi connectivity index (χ1) is 9.08. The van der Waals surface area contributed by atoms with Gasteiger partial charge in [-0.15, -0.1) is 0 Å². The molecule has 0 radical (unpaired) electrons. The Hall–Kier alpha value is -1.39. The van der Waals surface area contributed by atoms with Gasteiger partial charge < -0.3 is 9.64 Å². The SMILES string of the molecule is CC(C)N(C)CCOc1ccc2c(Cl)ncnc2c1. The van der Waals surface area contributed by atoms with Crippen LogP contribution in [0, 0.1) is 0 Å². The molecule has 0 aliphatic carbocycles. The molecule has 0 saturated carbocycles. The number of likely N-dealkylation sites (N-methyl/N-ethyl adjacent to an activating group) is 1. The van der Waals surface area contributed by atoms with E-state index in [0.717, 1.165) is 23.2 Å². The summed E-state index contributed by atoms with van der Waals surface area (Å²) in [5.41, 5.74) is 0.801. The van der Waals surface area contributed by atoms with Crippen LogP contribution >= 0.6 is 11.6 Å². The van der Waals surface area contributed by atoms with E-state index < -0.39 is 0 Å². The summed E-state index contributed by atoms with van der Waals surface area (Å²) in [7, 11) is 2.08. The lowest BCUT2D eigenvalue weighted by atomic mass is 10.2. The van der Waals surface area contributed by atoms with Gasteiger partial charge in [-0.05, 0) is 33.0 Å². The lowest BCUT2D eigenvalue weighted by molar-refractivity contribution is 0.208. The van der Waals surface area contributed by atoms with Gasteiger partial charge in [0, 0.05) is 24.0 Å². The van der Waals surface area contributed by atoms with Crippen LogP contribution in [0.4, 0.5) is 0 Å². The van der Waals surface area contributed by atoms with Crippen molar-refractivity contribution in [1.82, 2.24) is 14.9 Å². The van der Waals surface area contributed by atoms with Gasteiger partial charge >= 0.3 is 0 Å². The maximum Gasteiger partial charge on any atom is 0.140 e. The molecule has 102 valence electrons. The highest BCUT2D eigenvalue weighted by molar-refractivity contribution is 6.34. The fraction of sp³-hybridized carbons (Fsp3) is 0.429. The van der Waals surface area contributed by atoms with Gasteiger partial charge in [0.2, 0.25) is 0 Å². The Kier molecular flexibility index (Phi) is 4.56. The normalized spacial score (nSPS) is 11.5. The zero-order chi connectivity index (χ0) is 13.8. The third-order valence-corrected chi connectivity index (χ3v) is 3.45. The average molecular weight is 280 g/mol. The molecule has 0 N–H and O–H groups in total. The summed E-state index contributed by atoms with van der Waals surface area (Å²) in [4.78, 5) is 10.4. The highest BCUT2D eigenvalue weighted by Crippen LogP contribution is 2.23. The van der Waals surface area contributed by atoms with Crippen LogP contribution in [-0.2, 0) is 0 Å².